The lowest BCUT2D eigenvalue weighted by Gasteiger charge is -2.14. The lowest BCUT2D eigenvalue weighted by atomic mass is 10.3. The van der Waals surface area contributed by atoms with Crippen LogP contribution in [0.1, 0.15) is 12.8 Å². The highest BCUT2D eigenvalue weighted by Crippen LogP contribution is 2.28. The number of halogens is 3. The first-order valence-corrected chi connectivity index (χ1v) is 5.03. The molecule has 1 aliphatic carbocycles. The highest BCUT2D eigenvalue weighted by atomic mass is 19.4. The van der Waals surface area contributed by atoms with Gasteiger partial charge in [-0.15, -0.1) is 0 Å². The normalized spacial score (nSPS) is 19.2. The van der Waals surface area contributed by atoms with Crippen LogP contribution in [0.15, 0.2) is 0 Å². The zero-order valence-corrected chi connectivity index (χ0v) is 8.39. The summed E-state index contributed by atoms with van der Waals surface area (Å²) in [5.41, 5.74) is 0. The molecule has 15 heavy (non-hydrogen) atoms. The molecule has 0 amide bonds. The van der Waals surface area contributed by atoms with E-state index in [0.717, 1.165) is 0 Å². The molecule has 0 spiro atoms. The summed E-state index contributed by atoms with van der Waals surface area (Å²) in [4.78, 5) is 0. The second-order valence-corrected chi connectivity index (χ2v) is 3.78. The fourth-order valence-corrected chi connectivity index (χ4v) is 1.03. The summed E-state index contributed by atoms with van der Waals surface area (Å²) in [5.74, 6) is 0.658. The second-order valence-electron chi connectivity index (χ2n) is 3.78. The zero-order chi connectivity index (χ0) is 11.3. The van der Waals surface area contributed by atoms with E-state index in [1.165, 1.54) is 12.8 Å². The number of nitrogens with one attached hydrogen (secondary N) is 1. The van der Waals surface area contributed by atoms with Crippen LogP contribution in [-0.2, 0) is 4.74 Å². The average Bonchev–Trinajstić information content (AvgIpc) is 2.92. The van der Waals surface area contributed by atoms with Gasteiger partial charge in [0.15, 0.2) is 6.10 Å². The minimum absolute atomic E-state index is 0.333. The van der Waals surface area contributed by atoms with E-state index in [1.807, 2.05) is 0 Å². The molecule has 1 unspecified atom stereocenters. The molecule has 1 rings (SSSR count). The van der Waals surface area contributed by atoms with Gasteiger partial charge in [0.25, 0.3) is 0 Å². The first-order valence-electron chi connectivity index (χ1n) is 5.03. The molecule has 1 fully saturated rings. The fourth-order valence-electron chi connectivity index (χ4n) is 1.03. The summed E-state index contributed by atoms with van der Waals surface area (Å²) in [5, 5.41) is 11.1. The van der Waals surface area contributed by atoms with Crippen molar-refractivity contribution in [2.45, 2.75) is 25.1 Å². The van der Waals surface area contributed by atoms with Crippen LogP contribution in [0.3, 0.4) is 0 Å². The second kappa shape index (κ2) is 5.67. The van der Waals surface area contributed by atoms with Gasteiger partial charge >= 0.3 is 6.18 Å². The highest BCUT2D eigenvalue weighted by Gasteiger charge is 2.37. The van der Waals surface area contributed by atoms with Gasteiger partial charge in [0.2, 0.25) is 0 Å². The molecule has 1 atom stereocenters. The summed E-state index contributed by atoms with van der Waals surface area (Å²) >= 11 is 0. The predicted molar refractivity (Wildman–Crippen MR) is 48.5 cm³/mol. The van der Waals surface area contributed by atoms with E-state index in [-0.39, 0.29) is 0 Å². The van der Waals surface area contributed by atoms with E-state index < -0.39 is 18.8 Å². The van der Waals surface area contributed by atoms with E-state index in [4.69, 9.17) is 9.84 Å². The summed E-state index contributed by atoms with van der Waals surface area (Å²) in [7, 11) is 0. The maximum Gasteiger partial charge on any atom is 0.415 e. The Morgan fingerprint density at radius 2 is 2.07 bits per heavy atom. The molecular formula is C9H16F3NO2. The maximum atomic E-state index is 11.8. The SMILES string of the molecule is OC(CNCCOCC1CC1)C(F)(F)F. The molecule has 0 aliphatic heterocycles. The molecule has 0 saturated heterocycles. The summed E-state index contributed by atoms with van der Waals surface area (Å²) in [6.07, 6.45) is -4.44. The van der Waals surface area contributed by atoms with Crippen molar-refractivity contribution in [3.8, 4) is 0 Å². The molecular weight excluding hydrogens is 211 g/mol. The monoisotopic (exact) mass is 227 g/mol. The van der Waals surface area contributed by atoms with Crippen molar-refractivity contribution >= 4 is 0 Å². The van der Waals surface area contributed by atoms with E-state index >= 15 is 0 Å². The van der Waals surface area contributed by atoms with Crippen LogP contribution in [0, 0.1) is 5.92 Å². The Morgan fingerprint density at radius 3 is 2.60 bits per heavy atom. The first kappa shape index (κ1) is 12.7. The lowest BCUT2D eigenvalue weighted by molar-refractivity contribution is -0.201. The van der Waals surface area contributed by atoms with Gasteiger partial charge in [-0.05, 0) is 18.8 Å². The molecule has 2 N–H and O–H groups in total. The smallest absolute Gasteiger partial charge is 0.382 e. The zero-order valence-electron chi connectivity index (χ0n) is 8.39. The molecule has 0 radical (unpaired) electrons. The van der Waals surface area contributed by atoms with Crippen molar-refractivity contribution in [2.24, 2.45) is 5.92 Å². The van der Waals surface area contributed by atoms with Crippen LogP contribution in [0.5, 0.6) is 0 Å². The molecule has 1 aliphatic rings. The van der Waals surface area contributed by atoms with E-state index in [1.54, 1.807) is 0 Å². The summed E-state index contributed by atoms with van der Waals surface area (Å²) in [6, 6.07) is 0. The quantitative estimate of drug-likeness (QED) is 0.636. The Kier molecular flexibility index (Phi) is 4.82. The number of aliphatic hydroxyl groups excluding tert-OH is 1. The van der Waals surface area contributed by atoms with Gasteiger partial charge in [0.05, 0.1) is 6.61 Å². The topological polar surface area (TPSA) is 41.5 Å². The van der Waals surface area contributed by atoms with Gasteiger partial charge in [0.1, 0.15) is 0 Å². The predicted octanol–water partition coefficient (Wildman–Crippen LogP) is 0.926. The van der Waals surface area contributed by atoms with Crippen LogP contribution in [0.2, 0.25) is 0 Å². The molecule has 0 aromatic heterocycles. The number of hydrogen-bond donors (Lipinski definition) is 2. The van der Waals surface area contributed by atoms with Crippen molar-refractivity contribution in [2.75, 3.05) is 26.3 Å². The Bertz CT molecular complexity index is 183. The van der Waals surface area contributed by atoms with Gasteiger partial charge in [0, 0.05) is 19.7 Å². The minimum atomic E-state index is -4.54. The van der Waals surface area contributed by atoms with Crippen LogP contribution in [0.25, 0.3) is 0 Å². The number of ether oxygens (including phenoxy) is 1. The minimum Gasteiger partial charge on any atom is -0.382 e. The third-order valence-corrected chi connectivity index (χ3v) is 2.19. The number of aliphatic hydroxyl groups is 1. The Labute approximate surface area is 86.6 Å². The Morgan fingerprint density at radius 1 is 1.40 bits per heavy atom. The van der Waals surface area contributed by atoms with Gasteiger partial charge < -0.3 is 15.2 Å². The van der Waals surface area contributed by atoms with E-state index in [0.29, 0.717) is 25.7 Å². The van der Waals surface area contributed by atoms with Crippen molar-refractivity contribution < 1.29 is 23.0 Å². The van der Waals surface area contributed by atoms with Crippen LogP contribution < -0.4 is 5.32 Å². The molecule has 0 aromatic rings. The highest BCUT2D eigenvalue weighted by molar-refractivity contribution is 4.72. The Balaban J connectivity index is 1.87. The molecule has 90 valence electrons. The average molecular weight is 227 g/mol. The Hall–Kier alpha value is -0.330. The first-order chi connectivity index (χ1) is 7.00. The van der Waals surface area contributed by atoms with Crippen molar-refractivity contribution in [1.82, 2.24) is 5.32 Å². The van der Waals surface area contributed by atoms with Crippen molar-refractivity contribution in [3.05, 3.63) is 0 Å². The van der Waals surface area contributed by atoms with E-state index in [9.17, 15) is 13.2 Å². The molecule has 0 bridgehead atoms. The summed E-state index contributed by atoms with van der Waals surface area (Å²) in [6.45, 7) is 0.945. The summed E-state index contributed by atoms with van der Waals surface area (Å²) < 4.78 is 40.7. The third kappa shape index (κ3) is 5.96. The molecule has 3 nitrogen and oxygen atoms in total. The molecule has 0 aromatic carbocycles. The number of alkyl halides is 3. The third-order valence-electron chi connectivity index (χ3n) is 2.19. The van der Waals surface area contributed by atoms with E-state index in [2.05, 4.69) is 5.32 Å². The molecule has 1 saturated carbocycles. The van der Waals surface area contributed by atoms with Gasteiger partial charge in [-0.2, -0.15) is 13.2 Å². The lowest BCUT2D eigenvalue weighted by Crippen LogP contribution is -2.39. The number of rotatable bonds is 7. The molecule has 6 heteroatoms. The van der Waals surface area contributed by atoms with Gasteiger partial charge in [-0.3, -0.25) is 0 Å². The van der Waals surface area contributed by atoms with Crippen LogP contribution in [-0.4, -0.2) is 43.7 Å². The van der Waals surface area contributed by atoms with Crippen LogP contribution in [0.4, 0.5) is 13.2 Å². The van der Waals surface area contributed by atoms with Gasteiger partial charge in [-0.1, -0.05) is 0 Å². The molecule has 0 heterocycles. The van der Waals surface area contributed by atoms with Crippen molar-refractivity contribution in [3.63, 3.8) is 0 Å². The van der Waals surface area contributed by atoms with Crippen molar-refractivity contribution in [1.29, 1.82) is 0 Å². The fraction of sp³-hybridized carbons (Fsp3) is 1.00. The van der Waals surface area contributed by atoms with Crippen LogP contribution >= 0.6 is 0 Å². The maximum absolute atomic E-state index is 11.8. The van der Waals surface area contributed by atoms with Gasteiger partial charge in [-0.25, -0.2) is 0 Å². The largest absolute Gasteiger partial charge is 0.415 e. The standard InChI is InChI=1S/C9H16F3NO2/c10-9(11,12)8(14)5-13-3-4-15-6-7-1-2-7/h7-8,13-14H,1-6H2. The number of hydrogen-bond acceptors (Lipinski definition) is 3.